The molecule has 0 aliphatic rings. The topological polar surface area (TPSA) is 111 Å². The minimum absolute atomic E-state index is 0.113. The molecule has 0 heterocycles. The van der Waals surface area contributed by atoms with Gasteiger partial charge in [0, 0.05) is 36.0 Å². The van der Waals surface area contributed by atoms with Crippen LogP contribution in [-0.2, 0) is 0 Å². The monoisotopic (exact) mass is 405 g/mol. The summed E-state index contributed by atoms with van der Waals surface area (Å²) in [6.07, 6.45) is 0. The van der Waals surface area contributed by atoms with Gasteiger partial charge >= 0.3 is 0 Å². The van der Waals surface area contributed by atoms with Crippen molar-refractivity contribution in [2.24, 2.45) is 0 Å². The molecule has 0 radical (unpaired) electrons. The maximum absolute atomic E-state index is 13.1. The molecule has 3 aromatic carbocycles. The van der Waals surface area contributed by atoms with E-state index in [1.54, 1.807) is 43.4 Å². The minimum Gasteiger partial charge on any atom is -0.497 e. The number of nitrogens with one attached hydrogen (secondary N) is 2. The van der Waals surface area contributed by atoms with Crippen LogP contribution in [0.2, 0.25) is 0 Å². The quantitative estimate of drug-likeness (QED) is 0.347. The average molecular weight is 405 g/mol. The highest BCUT2D eigenvalue weighted by molar-refractivity contribution is 6.18. The number of carbonyl (C=O) groups excluding carboxylic acids is 2. The molecule has 2 N–H and O–H groups in total. The molecule has 30 heavy (non-hydrogen) atoms. The molecule has 152 valence electrons. The Kier molecular flexibility index (Phi) is 6.07. The van der Waals surface area contributed by atoms with Crippen molar-refractivity contribution in [3.05, 3.63) is 93.5 Å². The van der Waals surface area contributed by atoms with E-state index < -0.39 is 16.6 Å². The molecule has 0 aromatic heterocycles. The number of rotatable bonds is 7. The number of hydrogen-bond donors (Lipinski definition) is 2. The van der Waals surface area contributed by atoms with Crippen LogP contribution in [0.1, 0.15) is 26.3 Å². The lowest BCUT2D eigenvalue weighted by Crippen LogP contribution is -2.17. The van der Waals surface area contributed by atoms with Gasteiger partial charge in [0.15, 0.2) is 5.78 Å². The van der Waals surface area contributed by atoms with Crippen molar-refractivity contribution >= 4 is 28.8 Å². The van der Waals surface area contributed by atoms with Gasteiger partial charge in [-0.1, -0.05) is 24.3 Å². The largest absolute Gasteiger partial charge is 0.497 e. The second-order valence-corrected chi connectivity index (χ2v) is 6.30. The maximum atomic E-state index is 13.1. The van der Waals surface area contributed by atoms with E-state index in [1.165, 1.54) is 37.4 Å². The lowest BCUT2D eigenvalue weighted by atomic mass is 9.97. The van der Waals surface area contributed by atoms with Gasteiger partial charge in [0.05, 0.1) is 17.6 Å². The molecule has 8 heteroatoms. The van der Waals surface area contributed by atoms with Crippen molar-refractivity contribution in [3.8, 4) is 5.75 Å². The number of carbonyl (C=O) groups is 2. The predicted octanol–water partition coefficient (Wildman–Crippen LogP) is 4.13. The molecule has 0 fully saturated rings. The van der Waals surface area contributed by atoms with E-state index in [4.69, 9.17) is 4.74 Å². The van der Waals surface area contributed by atoms with Gasteiger partial charge in [0.1, 0.15) is 11.4 Å². The summed E-state index contributed by atoms with van der Waals surface area (Å²) < 4.78 is 5.15. The van der Waals surface area contributed by atoms with Crippen LogP contribution in [-0.4, -0.2) is 30.8 Å². The smallest absolute Gasteiger partial charge is 0.293 e. The van der Waals surface area contributed by atoms with Gasteiger partial charge in [-0.3, -0.25) is 19.7 Å². The summed E-state index contributed by atoms with van der Waals surface area (Å²) in [6, 6.07) is 17.3. The number of amides is 1. The third-order valence-electron chi connectivity index (χ3n) is 4.47. The van der Waals surface area contributed by atoms with Gasteiger partial charge in [-0.05, 0) is 30.3 Å². The molecule has 0 aliphatic heterocycles. The summed E-state index contributed by atoms with van der Waals surface area (Å²) in [5.74, 6) is -0.389. The summed E-state index contributed by atoms with van der Waals surface area (Å²) in [6.45, 7) is 0. The number of anilines is 2. The normalized spacial score (nSPS) is 10.2. The summed E-state index contributed by atoms with van der Waals surface area (Å²) in [5.41, 5.74) is 0.996. The lowest BCUT2D eigenvalue weighted by Gasteiger charge is -2.11. The summed E-state index contributed by atoms with van der Waals surface area (Å²) in [7, 11) is 3.08. The first-order chi connectivity index (χ1) is 14.4. The van der Waals surface area contributed by atoms with Gasteiger partial charge in [-0.2, -0.15) is 0 Å². The third kappa shape index (κ3) is 4.27. The Morgan fingerprint density at radius 2 is 1.70 bits per heavy atom. The molecule has 3 aromatic rings. The molecule has 0 aliphatic carbocycles. The molecule has 1 amide bonds. The Balaban J connectivity index is 1.94. The van der Waals surface area contributed by atoms with Crippen LogP contribution in [0, 0.1) is 10.1 Å². The van der Waals surface area contributed by atoms with Gasteiger partial charge in [-0.15, -0.1) is 0 Å². The summed E-state index contributed by atoms with van der Waals surface area (Å²) in [5, 5.41) is 16.8. The number of ether oxygens (including phenoxy) is 1. The molecule has 0 unspecified atom stereocenters. The van der Waals surface area contributed by atoms with Crippen molar-refractivity contribution in [1.82, 2.24) is 0 Å². The predicted molar refractivity (Wildman–Crippen MR) is 113 cm³/mol. The molecule has 0 bridgehead atoms. The first-order valence-electron chi connectivity index (χ1n) is 9.00. The zero-order chi connectivity index (χ0) is 21.7. The van der Waals surface area contributed by atoms with E-state index in [1.807, 2.05) is 0 Å². The molecular formula is C22H19N3O5. The number of methoxy groups -OCH3 is 1. The lowest BCUT2D eigenvalue weighted by molar-refractivity contribution is -0.384. The van der Waals surface area contributed by atoms with Gasteiger partial charge in [-0.25, -0.2) is 0 Å². The van der Waals surface area contributed by atoms with Crippen LogP contribution in [0.15, 0.2) is 66.7 Å². The highest BCUT2D eigenvalue weighted by Gasteiger charge is 2.22. The number of hydrogen-bond acceptors (Lipinski definition) is 6. The number of ketones is 1. The Hall–Kier alpha value is -4.20. The van der Waals surface area contributed by atoms with Crippen molar-refractivity contribution in [3.63, 3.8) is 0 Å². The van der Waals surface area contributed by atoms with Crippen molar-refractivity contribution < 1.29 is 19.2 Å². The van der Waals surface area contributed by atoms with Gasteiger partial charge in [0.25, 0.3) is 11.6 Å². The third-order valence-corrected chi connectivity index (χ3v) is 4.47. The number of nitro benzene ring substituents is 1. The zero-order valence-electron chi connectivity index (χ0n) is 16.3. The Bertz CT molecular complexity index is 1130. The summed E-state index contributed by atoms with van der Waals surface area (Å²) >= 11 is 0. The van der Waals surface area contributed by atoms with E-state index in [9.17, 15) is 19.7 Å². The highest BCUT2D eigenvalue weighted by atomic mass is 16.6. The fourth-order valence-corrected chi connectivity index (χ4v) is 2.97. The minimum atomic E-state index is -0.565. The second-order valence-electron chi connectivity index (χ2n) is 6.30. The van der Waals surface area contributed by atoms with E-state index in [0.717, 1.165) is 0 Å². The number of nitrogens with zero attached hydrogens (tertiary/aromatic N) is 1. The van der Waals surface area contributed by atoms with Crippen molar-refractivity contribution in [2.75, 3.05) is 24.8 Å². The SMILES string of the molecule is CNc1ccc(C(=O)c2ccccc2C(=O)Nc2cccc(OC)c2)cc1[N+](=O)[O-]. The van der Waals surface area contributed by atoms with E-state index in [2.05, 4.69) is 10.6 Å². The number of nitro groups is 1. The van der Waals surface area contributed by atoms with Crippen LogP contribution in [0.4, 0.5) is 17.1 Å². The highest BCUT2D eigenvalue weighted by Crippen LogP contribution is 2.27. The average Bonchev–Trinajstić information content (AvgIpc) is 2.78. The molecule has 0 spiro atoms. The van der Waals surface area contributed by atoms with Crippen LogP contribution >= 0.6 is 0 Å². The fraction of sp³-hybridized carbons (Fsp3) is 0.0909. The Morgan fingerprint density at radius 3 is 2.37 bits per heavy atom. The second kappa shape index (κ2) is 8.87. The number of benzene rings is 3. The first-order valence-corrected chi connectivity index (χ1v) is 9.00. The van der Waals surface area contributed by atoms with Crippen LogP contribution < -0.4 is 15.4 Å². The molecule has 3 rings (SSSR count). The molecule has 0 atom stereocenters. The van der Waals surface area contributed by atoms with Crippen LogP contribution in [0.3, 0.4) is 0 Å². The van der Waals surface area contributed by atoms with E-state index >= 15 is 0 Å². The molecular weight excluding hydrogens is 386 g/mol. The van der Waals surface area contributed by atoms with E-state index in [-0.39, 0.29) is 22.4 Å². The maximum Gasteiger partial charge on any atom is 0.293 e. The van der Waals surface area contributed by atoms with Gasteiger partial charge in [0.2, 0.25) is 0 Å². The van der Waals surface area contributed by atoms with E-state index in [0.29, 0.717) is 17.1 Å². The van der Waals surface area contributed by atoms with Gasteiger partial charge < -0.3 is 15.4 Å². The Morgan fingerprint density at radius 1 is 0.967 bits per heavy atom. The molecule has 0 saturated heterocycles. The van der Waals surface area contributed by atoms with Crippen LogP contribution in [0.25, 0.3) is 0 Å². The standard InChI is InChI=1S/C22H19N3O5/c1-23-19-11-10-14(12-20(19)25(28)29)21(26)17-8-3-4-9-18(17)22(27)24-15-6-5-7-16(13-15)30-2/h3-13,23H,1-2H3,(H,24,27). The first kappa shape index (κ1) is 20.5. The summed E-state index contributed by atoms with van der Waals surface area (Å²) in [4.78, 5) is 36.6. The fourth-order valence-electron chi connectivity index (χ4n) is 2.97. The molecule has 0 saturated carbocycles. The molecule has 8 nitrogen and oxygen atoms in total. The zero-order valence-corrected chi connectivity index (χ0v) is 16.3. The Labute approximate surface area is 172 Å². The van der Waals surface area contributed by atoms with Crippen molar-refractivity contribution in [1.29, 1.82) is 0 Å². The van der Waals surface area contributed by atoms with Crippen LogP contribution in [0.5, 0.6) is 5.75 Å². The van der Waals surface area contributed by atoms with Crippen molar-refractivity contribution in [2.45, 2.75) is 0 Å².